The van der Waals surface area contributed by atoms with Crippen LogP contribution >= 0.6 is 0 Å². The predicted molar refractivity (Wildman–Crippen MR) is 86.6 cm³/mol. The van der Waals surface area contributed by atoms with Crippen molar-refractivity contribution in [1.82, 2.24) is 14.9 Å². The number of β-amino-alcohol motifs (C(OH)–C–C–N with tert-alkyl or cyclic N) is 1. The van der Waals surface area contributed by atoms with Crippen LogP contribution in [0.1, 0.15) is 12.0 Å². The normalized spacial score (nSPS) is 21.9. The molecule has 5 heteroatoms. The number of likely N-dealkylation sites (N-methyl/N-ethyl adjacent to an activating group) is 1. The van der Waals surface area contributed by atoms with Crippen molar-refractivity contribution in [3.05, 3.63) is 54.4 Å². The van der Waals surface area contributed by atoms with Crippen molar-refractivity contribution in [2.45, 2.75) is 18.6 Å². The first-order valence-corrected chi connectivity index (χ1v) is 7.61. The SMILES string of the molecule is CN(CC1(O)CCN(Cc2ccccc2)C1)c1ncccn1. The third-order valence-electron chi connectivity index (χ3n) is 4.09. The van der Waals surface area contributed by atoms with E-state index in [4.69, 9.17) is 0 Å². The molecule has 1 unspecified atom stereocenters. The fourth-order valence-electron chi connectivity index (χ4n) is 3.05. The molecule has 0 saturated carbocycles. The van der Waals surface area contributed by atoms with Crippen molar-refractivity contribution in [1.29, 1.82) is 0 Å². The molecule has 0 spiro atoms. The molecule has 22 heavy (non-hydrogen) atoms. The number of benzene rings is 1. The Balaban J connectivity index is 1.58. The highest BCUT2D eigenvalue weighted by Crippen LogP contribution is 2.24. The molecule has 0 radical (unpaired) electrons. The monoisotopic (exact) mass is 298 g/mol. The van der Waals surface area contributed by atoms with Crippen LogP contribution in [-0.2, 0) is 6.54 Å². The molecule has 1 N–H and O–H groups in total. The zero-order valence-electron chi connectivity index (χ0n) is 12.9. The second-order valence-electron chi connectivity index (χ2n) is 6.08. The Kier molecular flexibility index (Phi) is 4.36. The third-order valence-corrected chi connectivity index (χ3v) is 4.09. The van der Waals surface area contributed by atoms with Gasteiger partial charge in [-0.3, -0.25) is 4.90 Å². The second kappa shape index (κ2) is 6.42. The lowest BCUT2D eigenvalue weighted by Crippen LogP contribution is -2.44. The van der Waals surface area contributed by atoms with Gasteiger partial charge in [-0.15, -0.1) is 0 Å². The second-order valence-corrected chi connectivity index (χ2v) is 6.08. The van der Waals surface area contributed by atoms with E-state index >= 15 is 0 Å². The topological polar surface area (TPSA) is 52.5 Å². The summed E-state index contributed by atoms with van der Waals surface area (Å²) in [5, 5.41) is 10.8. The van der Waals surface area contributed by atoms with Gasteiger partial charge in [0.2, 0.25) is 5.95 Å². The highest BCUT2D eigenvalue weighted by Gasteiger charge is 2.37. The average molecular weight is 298 g/mol. The predicted octanol–water partition coefficient (Wildman–Crippen LogP) is 1.55. The van der Waals surface area contributed by atoms with Gasteiger partial charge in [-0.2, -0.15) is 0 Å². The quantitative estimate of drug-likeness (QED) is 0.907. The average Bonchev–Trinajstić information content (AvgIpc) is 2.90. The Morgan fingerprint density at radius 3 is 2.64 bits per heavy atom. The van der Waals surface area contributed by atoms with Crippen LogP contribution in [0.25, 0.3) is 0 Å². The molecule has 1 atom stereocenters. The number of nitrogens with zero attached hydrogens (tertiary/aromatic N) is 4. The lowest BCUT2D eigenvalue weighted by molar-refractivity contribution is 0.0559. The Morgan fingerprint density at radius 2 is 1.91 bits per heavy atom. The van der Waals surface area contributed by atoms with Gasteiger partial charge in [0.15, 0.2) is 0 Å². The van der Waals surface area contributed by atoms with Crippen LogP contribution in [0.15, 0.2) is 48.8 Å². The van der Waals surface area contributed by atoms with Crippen molar-refractivity contribution in [2.24, 2.45) is 0 Å². The molecular formula is C17H22N4O. The van der Waals surface area contributed by atoms with Gasteiger partial charge < -0.3 is 10.0 Å². The fourth-order valence-corrected chi connectivity index (χ4v) is 3.05. The smallest absolute Gasteiger partial charge is 0.225 e. The van der Waals surface area contributed by atoms with Crippen molar-refractivity contribution in [2.75, 3.05) is 31.6 Å². The Morgan fingerprint density at radius 1 is 1.18 bits per heavy atom. The molecule has 5 nitrogen and oxygen atoms in total. The van der Waals surface area contributed by atoms with E-state index in [0.29, 0.717) is 19.0 Å². The minimum atomic E-state index is -0.706. The van der Waals surface area contributed by atoms with Crippen LogP contribution < -0.4 is 4.90 Å². The molecule has 1 aliphatic heterocycles. The number of anilines is 1. The molecule has 0 bridgehead atoms. The van der Waals surface area contributed by atoms with Gasteiger partial charge in [-0.25, -0.2) is 9.97 Å². The van der Waals surface area contributed by atoms with Gasteiger partial charge in [-0.1, -0.05) is 30.3 Å². The van der Waals surface area contributed by atoms with Crippen LogP contribution in [0, 0.1) is 0 Å². The number of likely N-dealkylation sites (tertiary alicyclic amines) is 1. The summed E-state index contributed by atoms with van der Waals surface area (Å²) >= 11 is 0. The lowest BCUT2D eigenvalue weighted by Gasteiger charge is -2.29. The number of hydrogen-bond donors (Lipinski definition) is 1. The molecule has 2 aromatic rings. The number of rotatable bonds is 5. The zero-order valence-corrected chi connectivity index (χ0v) is 12.9. The van der Waals surface area contributed by atoms with E-state index < -0.39 is 5.60 Å². The van der Waals surface area contributed by atoms with Crippen molar-refractivity contribution in [3.8, 4) is 0 Å². The van der Waals surface area contributed by atoms with Gasteiger partial charge in [0.1, 0.15) is 0 Å². The van der Waals surface area contributed by atoms with E-state index in [1.807, 2.05) is 18.0 Å². The summed E-state index contributed by atoms with van der Waals surface area (Å²) in [6.07, 6.45) is 4.22. The minimum Gasteiger partial charge on any atom is -0.387 e. The lowest BCUT2D eigenvalue weighted by atomic mass is 10.0. The van der Waals surface area contributed by atoms with E-state index in [9.17, 15) is 5.11 Å². The van der Waals surface area contributed by atoms with Crippen molar-refractivity contribution in [3.63, 3.8) is 0 Å². The third kappa shape index (κ3) is 3.61. The molecule has 0 amide bonds. The largest absolute Gasteiger partial charge is 0.387 e. The van der Waals surface area contributed by atoms with E-state index in [0.717, 1.165) is 19.5 Å². The zero-order chi connectivity index (χ0) is 15.4. The van der Waals surface area contributed by atoms with Crippen LogP contribution in [0.5, 0.6) is 0 Å². The van der Waals surface area contributed by atoms with Gasteiger partial charge >= 0.3 is 0 Å². The maximum Gasteiger partial charge on any atom is 0.225 e. The maximum atomic E-state index is 10.8. The Bertz CT molecular complexity index is 592. The number of aliphatic hydroxyl groups is 1. The van der Waals surface area contributed by atoms with Crippen molar-refractivity contribution >= 4 is 5.95 Å². The molecular weight excluding hydrogens is 276 g/mol. The summed E-state index contributed by atoms with van der Waals surface area (Å²) < 4.78 is 0. The molecule has 2 heterocycles. The van der Waals surface area contributed by atoms with Gasteiger partial charge in [0, 0.05) is 39.1 Å². The molecule has 1 aromatic carbocycles. The molecule has 116 valence electrons. The summed E-state index contributed by atoms with van der Waals surface area (Å²) in [6.45, 7) is 3.02. The van der Waals surface area contributed by atoms with Crippen LogP contribution in [-0.4, -0.2) is 52.3 Å². The number of aromatic nitrogens is 2. The molecule has 3 rings (SSSR count). The van der Waals surface area contributed by atoms with E-state index in [1.54, 1.807) is 18.5 Å². The Hall–Kier alpha value is -1.98. The first kappa shape index (κ1) is 14.9. The summed E-state index contributed by atoms with van der Waals surface area (Å²) in [6, 6.07) is 12.2. The number of hydrogen-bond acceptors (Lipinski definition) is 5. The summed E-state index contributed by atoms with van der Waals surface area (Å²) in [4.78, 5) is 12.7. The van der Waals surface area contributed by atoms with Crippen molar-refractivity contribution < 1.29 is 5.11 Å². The first-order valence-electron chi connectivity index (χ1n) is 7.61. The van der Waals surface area contributed by atoms with E-state index in [-0.39, 0.29) is 0 Å². The van der Waals surface area contributed by atoms with Crippen LogP contribution in [0.3, 0.4) is 0 Å². The first-order chi connectivity index (χ1) is 10.6. The van der Waals surface area contributed by atoms with Gasteiger partial charge in [0.25, 0.3) is 0 Å². The highest BCUT2D eigenvalue weighted by atomic mass is 16.3. The van der Waals surface area contributed by atoms with E-state index in [1.165, 1.54) is 5.56 Å². The summed E-state index contributed by atoms with van der Waals surface area (Å²) in [5.41, 5.74) is 0.578. The van der Waals surface area contributed by atoms with Gasteiger partial charge in [0.05, 0.1) is 12.1 Å². The maximum absolute atomic E-state index is 10.8. The highest BCUT2D eigenvalue weighted by molar-refractivity contribution is 5.28. The summed E-state index contributed by atoms with van der Waals surface area (Å²) in [7, 11) is 1.92. The summed E-state index contributed by atoms with van der Waals surface area (Å²) in [5.74, 6) is 0.650. The molecule has 1 fully saturated rings. The van der Waals surface area contributed by atoms with Gasteiger partial charge in [-0.05, 0) is 18.1 Å². The van der Waals surface area contributed by atoms with E-state index in [2.05, 4.69) is 39.1 Å². The standard InChI is InChI=1S/C17H22N4O/c1-20(16-18-9-5-10-19-16)13-17(22)8-11-21(14-17)12-15-6-3-2-4-7-15/h2-7,9-10,22H,8,11-14H2,1H3. The van der Waals surface area contributed by atoms with Crippen LogP contribution in [0.2, 0.25) is 0 Å². The molecule has 1 aromatic heterocycles. The minimum absolute atomic E-state index is 0.544. The molecule has 0 aliphatic carbocycles. The fraction of sp³-hybridized carbons (Fsp3) is 0.412. The molecule has 1 saturated heterocycles. The Labute approximate surface area is 131 Å². The molecule has 1 aliphatic rings. The van der Waals surface area contributed by atoms with Crippen LogP contribution in [0.4, 0.5) is 5.95 Å².